The molecule has 2 rings (SSSR count). The number of amides is 2. The predicted octanol–water partition coefficient (Wildman–Crippen LogP) is 1.41. The number of carbonyl (C=O) groups excluding carboxylic acids is 3. The maximum Gasteiger partial charge on any atom is 0.299 e. The molecule has 0 bridgehead atoms. The average Bonchev–Trinajstić information content (AvgIpc) is 2.65. The van der Waals surface area contributed by atoms with Crippen LogP contribution in [0.5, 0.6) is 0 Å². The van der Waals surface area contributed by atoms with Gasteiger partial charge in [0.05, 0.1) is 11.3 Å². The van der Waals surface area contributed by atoms with E-state index in [1.165, 1.54) is 0 Å². The Kier molecular flexibility index (Phi) is 4.30. The predicted molar refractivity (Wildman–Crippen MR) is 71.0 cm³/mol. The molecule has 0 saturated heterocycles. The van der Waals surface area contributed by atoms with Crippen molar-refractivity contribution in [2.45, 2.75) is 19.8 Å². The summed E-state index contributed by atoms with van der Waals surface area (Å²) in [5, 5.41) is 2.59. The lowest BCUT2D eigenvalue weighted by molar-refractivity contribution is -0.122. The van der Waals surface area contributed by atoms with Crippen molar-refractivity contribution in [2.75, 3.05) is 18.0 Å². The van der Waals surface area contributed by atoms with E-state index in [-0.39, 0.29) is 11.3 Å². The van der Waals surface area contributed by atoms with Crippen molar-refractivity contribution in [3.63, 3.8) is 0 Å². The van der Waals surface area contributed by atoms with Gasteiger partial charge in [0.1, 0.15) is 6.54 Å². The lowest BCUT2D eigenvalue weighted by Gasteiger charge is -2.16. The molecule has 2 amide bonds. The van der Waals surface area contributed by atoms with Crippen LogP contribution in [0.1, 0.15) is 30.1 Å². The zero-order valence-corrected chi connectivity index (χ0v) is 11.4. The summed E-state index contributed by atoms with van der Waals surface area (Å²) in [6, 6.07) is 1.44. The molecular weight excluding hydrogens is 282 g/mol. The first-order chi connectivity index (χ1) is 9.95. The second-order valence-corrected chi connectivity index (χ2v) is 4.71. The molecule has 0 spiro atoms. The van der Waals surface area contributed by atoms with Crippen LogP contribution in [-0.2, 0) is 9.59 Å². The molecule has 112 valence electrons. The van der Waals surface area contributed by atoms with Crippen LogP contribution in [-0.4, -0.2) is 30.7 Å². The van der Waals surface area contributed by atoms with Gasteiger partial charge in [0.15, 0.2) is 11.6 Å². The molecule has 1 aromatic rings. The van der Waals surface area contributed by atoms with Gasteiger partial charge >= 0.3 is 0 Å². The SMILES string of the molecule is CCCCNC(=O)CN1C(=O)C(=O)c2cc(F)c(F)cc21. The highest BCUT2D eigenvalue weighted by Gasteiger charge is 2.37. The van der Waals surface area contributed by atoms with Crippen LogP contribution in [0.2, 0.25) is 0 Å². The van der Waals surface area contributed by atoms with Crippen molar-refractivity contribution in [2.24, 2.45) is 0 Å². The molecule has 0 aliphatic carbocycles. The fourth-order valence-electron chi connectivity index (χ4n) is 2.05. The number of unbranched alkanes of at least 4 members (excludes halogenated alkanes) is 1. The first kappa shape index (κ1) is 15.1. The molecule has 0 saturated carbocycles. The highest BCUT2D eigenvalue weighted by Crippen LogP contribution is 2.30. The number of ketones is 1. The van der Waals surface area contributed by atoms with E-state index in [1.54, 1.807) is 0 Å². The van der Waals surface area contributed by atoms with Gasteiger partial charge in [0, 0.05) is 12.6 Å². The Morgan fingerprint density at radius 1 is 1.24 bits per heavy atom. The molecule has 1 heterocycles. The molecule has 0 fully saturated rings. The van der Waals surface area contributed by atoms with Crippen molar-refractivity contribution < 1.29 is 23.2 Å². The highest BCUT2D eigenvalue weighted by molar-refractivity contribution is 6.52. The summed E-state index contributed by atoms with van der Waals surface area (Å²) in [6.07, 6.45) is 1.68. The third-order valence-electron chi connectivity index (χ3n) is 3.17. The summed E-state index contributed by atoms with van der Waals surface area (Å²) in [6.45, 7) is 2.02. The number of rotatable bonds is 5. The average molecular weight is 296 g/mol. The van der Waals surface area contributed by atoms with Gasteiger partial charge < -0.3 is 5.32 Å². The number of nitrogens with one attached hydrogen (secondary N) is 1. The van der Waals surface area contributed by atoms with Crippen molar-refractivity contribution in [1.82, 2.24) is 5.32 Å². The fourth-order valence-corrected chi connectivity index (χ4v) is 2.05. The number of nitrogens with zero attached hydrogens (tertiary/aromatic N) is 1. The number of carbonyl (C=O) groups is 3. The fraction of sp³-hybridized carbons (Fsp3) is 0.357. The summed E-state index contributed by atoms with van der Waals surface area (Å²) in [7, 11) is 0. The van der Waals surface area contributed by atoms with E-state index < -0.39 is 35.8 Å². The largest absolute Gasteiger partial charge is 0.355 e. The third kappa shape index (κ3) is 2.91. The normalized spacial score (nSPS) is 13.6. The molecule has 0 radical (unpaired) electrons. The summed E-state index contributed by atoms with van der Waals surface area (Å²) in [5.41, 5.74) is -0.296. The Morgan fingerprint density at radius 2 is 1.90 bits per heavy atom. The second-order valence-electron chi connectivity index (χ2n) is 4.71. The standard InChI is InChI=1S/C14H14F2N2O3/c1-2-3-4-17-12(19)7-18-11-6-10(16)9(15)5-8(11)13(20)14(18)21/h5-6H,2-4,7H2,1H3,(H,17,19). The molecule has 1 aliphatic rings. The van der Waals surface area contributed by atoms with Crippen LogP contribution in [0.4, 0.5) is 14.5 Å². The Hall–Kier alpha value is -2.31. The van der Waals surface area contributed by atoms with Crippen LogP contribution in [0.25, 0.3) is 0 Å². The van der Waals surface area contributed by atoms with Gasteiger partial charge in [-0.1, -0.05) is 13.3 Å². The van der Waals surface area contributed by atoms with Crippen LogP contribution < -0.4 is 10.2 Å². The van der Waals surface area contributed by atoms with E-state index in [0.717, 1.165) is 23.8 Å². The number of Topliss-reactive ketones (excluding diaryl/α,β-unsaturated/α-hetero) is 1. The Labute approximate surface area is 119 Å². The van der Waals surface area contributed by atoms with Crippen molar-refractivity contribution in [3.8, 4) is 0 Å². The minimum Gasteiger partial charge on any atom is -0.355 e. The van der Waals surface area contributed by atoms with Gasteiger partial charge in [-0.3, -0.25) is 19.3 Å². The lowest BCUT2D eigenvalue weighted by atomic mass is 10.1. The maximum absolute atomic E-state index is 13.3. The van der Waals surface area contributed by atoms with Crippen LogP contribution in [0.15, 0.2) is 12.1 Å². The minimum absolute atomic E-state index is 0.0745. The van der Waals surface area contributed by atoms with Crippen molar-refractivity contribution in [1.29, 1.82) is 0 Å². The first-order valence-corrected chi connectivity index (χ1v) is 6.57. The van der Waals surface area contributed by atoms with Gasteiger partial charge in [0.25, 0.3) is 11.7 Å². The zero-order chi connectivity index (χ0) is 15.6. The van der Waals surface area contributed by atoms with E-state index in [2.05, 4.69) is 5.32 Å². The number of hydrogen-bond acceptors (Lipinski definition) is 3. The van der Waals surface area contributed by atoms with Crippen LogP contribution in [0.3, 0.4) is 0 Å². The van der Waals surface area contributed by atoms with Crippen LogP contribution >= 0.6 is 0 Å². The lowest BCUT2D eigenvalue weighted by Crippen LogP contribution is -2.40. The Bertz CT molecular complexity index is 616. The quantitative estimate of drug-likeness (QED) is 0.660. The van der Waals surface area contributed by atoms with Gasteiger partial charge in [-0.2, -0.15) is 0 Å². The molecule has 0 atom stereocenters. The molecule has 1 aliphatic heterocycles. The number of fused-ring (bicyclic) bond motifs is 1. The van der Waals surface area contributed by atoms with E-state index in [0.29, 0.717) is 12.6 Å². The molecule has 1 N–H and O–H groups in total. The molecule has 0 unspecified atom stereocenters. The zero-order valence-electron chi connectivity index (χ0n) is 11.4. The summed E-state index contributed by atoms with van der Waals surface area (Å²) < 4.78 is 26.4. The van der Waals surface area contributed by atoms with Crippen LogP contribution in [0, 0.1) is 11.6 Å². The van der Waals surface area contributed by atoms with E-state index in [1.807, 2.05) is 6.92 Å². The van der Waals surface area contributed by atoms with Crippen molar-refractivity contribution in [3.05, 3.63) is 29.3 Å². The Morgan fingerprint density at radius 3 is 2.57 bits per heavy atom. The molecular formula is C14H14F2N2O3. The number of halogens is 2. The summed E-state index contributed by atoms with van der Waals surface area (Å²) >= 11 is 0. The van der Waals surface area contributed by atoms with Gasteiger partial charge in [-0.15, -0.1) is 0 Å². The number of hydrogen-bond donors (Lipinski definition) is 1. The topological polar surface area (TPSA) is 66.5 Å². The molecule has 7 heteroatoms. The van der Waals surface area contributed by atoms with E-state index in [9.17, 15) is 23.2 Å². The molecule has 0 aromatic heterocycles. The van der Waals surface area contributed by atoms with Crippen molar-refractivity contribution >= 4 is 23.3 Å². The maximum atomic E-state index is 13.3. The van der Waals surface area contributed by atoms with E-state index >= 15 is 0 Å². The van der Waals surface area contributed by atoms with Gasteiger partial charge in [0.2, 0.25) is 5.91 Å². The molecule has 21 heavy (non-hydrogen) atoms. The first-order valence-electron chi connectivity index (χ1n) is 6.57. The smallest absolute Gasteiger partial charge is 0.299 e. The summed E-state index contributed by atoms with van der Waals surface area (Å²) in [4.78, 5) is 36.1. The molecule has 5 nitrogen and oxygen atoms in total. The second kappa shape index (κ2) is 5.99. The van der Waals surface area contributed by atoms with Gasteiger partial charge in [-0.05, 0) is 12.5 Å². The minimum atomic E-state index is -1.20. The summed E-state index contributed by atoms with van der Waals surface area (Å²) in [5.74, 6) is -4.73. The Balaban J connectivity index is 2.19. The third-order valence-corrected chi connectivity index (χ3v) is 3.17. The number of anilines is 1. The van der Waals surface area contributed by atoms with Gasteiger partial charge in [-0.25, -0.2) is 8.78 Å². The highest BCUT2D eigenvalue weighted by atomic mass is 19.2. The molecule has 1 aromatic carbocycles. The number of benzene rings is 1. The van der Waals surface area contributed by atoms with E-state index in [4.69, 9.17) is 0 Å². The monoisotopic (exact) mass is 296 g/mol.